The zero-order valence-corrected chi connectivity index (χ0v) is 16.8. The largest absolute Gasteiger partial charge is 0.360 e. The fourth-order valence-corrected chi connectivity index (χ4v) is 4.34. The van der Waals surface area contributed by atoms with E-state index in [1.807, 2.05) is 0 Å². The fourth-order valence-electron chi connectivity index (χ4n) is 4.34. The van der Waals surface area contributed by atoms with Gasteiger partial charge in [-0.2, -0.15) is 0 Å². The zero-order valence-electron chi connectivity index (χ0n) is 16.8. The van der Waals surface area contributed by atoms with E-state index in [1.165, 1.54) is 21.8 Å². The van der Waals surface area contributed by atoms with Crippen molar-refractivity contribution in [2.75, 3.05) is 37.6 Å². The van der Waals surface area contributed by atoms with E-state index in [-0.39, 0.29) is 5.78 Å². The van der Waals surface area contributed by atoms with Gasteiger partial charge in [0.15, 0.2) is 0 Å². The molecule has 0 saturated carbocycles. The van der Waals surface area contributed by atoms with Gasteiger partial charge in [0.05, 0.1) is 26.2 Å². The SMILES string of the molecule is Cc1ccccc1N1CC[NH+](CC(=O)c2cc(C)n(C(C)C)c2C)CC1. The third-order valence-corrected chi connectivity index (χ3v) is 5.64. The second-order valence-corrected chi connectivity index (χ2v) is 7.87. The van der Waals surface area contributed by atoms with Crippen molar-refractivity contribution in [3.05, 3.63) is 52.8 Å². The number of hydrogen-bond donors (Lipinski definition) is 1. The number of ketones is 1. The van der Waals surface area contributed by atoms with Crippen molar-refractivity contribution in [3.8, 4) is 0 Å². The number of aromatic nitrogens is 1. The van der Waals surface area contributed by atoms with Gasteiger partial charge in [0.1, 0.15) is 6.54 Å². The molecule has 26 heavy (non-hydrogen) atoms. The molecule has 0 amide bonds. The first-order valence-corrected chi connectivity index (χ1v) is 9.74. The molecule has 1 aliphatic rings. The van der Waals surface area contributed by atoms with Crippen molar-refractivity contribution in [2.24, 2.45) is 0 Å². The summed E-state index contributed by atoms with van der Waals surface area (Å²) in [4.78, 5) is 16.7. The average molecular weight is 355 g/mol. The zero-order chi connectivity index (χ0) is 18.8. The lowest BCUT2D eigenvalue weighted by molar-refractivity contribution is -0.892. The molecule has 0 atom stereocenters. The predicted molar refractivity (Wildman–Crippen MR) is 108 cm³/mol. The smallest absolute Gasteiger partial charge is 0.218 e. The summed E-state index contributed by atoms with van der Waals surface area (Å²) in [5.74, 6) is 0.282. The van der Waals surface area contributed by atoms with Gasteiger partial charge in [-0.1, -0.05) is 18.2 Å². The Morgan fingerprint density at radius 2 is 1.77 bits per heavy atom. The molecule has 0 bridgehead atoms. The summed E-state index contributed by atoms with van der Waals surface area (Å²) < 4.78 is 2.26. The summed E-state index contributed by atoms with van der Waals surface area (Å²) in [5, 5.41) is 0. The van der Waals surface area contributed by atoms with E-state index in [0.29, 0.717) is 12.6 Å². The minimum absolute atomic E-state index is 0.282. The average Bonchev–Trinajstić information content (AvgIpc) is 2.91. The van der Waals surface area contributed by atoms with Gasteiger partial charge in [0.25, 0.3) is 0 Å². The Hall–Kier alpha value is -2.07. The molecule has 0 spiro atoms. The first-order valence-electron chi connectivity index (χ1n) is 9.74. The fraction of sp³-hybridized carbons (Fsp3) is 0.500. The molecule has 4 nitrogen and oxygen atoms in total. The summed E-state index contributed by atoms with van der Waals surface area (Å²) in [7, 11) is 0. The number of nitrogens with one attached hydrogen (secondary N) is 1. The quantitative estimate of drug-likeness (QED) is 0.837. The van der Waals surface area contributed by atoms with Gasteiger partial charge in [-0.25, -0.2) is 0 Å². The number of benzene rings is 1. The van der Waals surface area contributed by atoms with Crippen molar-refractivity contribution < 1.29 is 9.69 Å². The summed E-state index contributed by atoms with van der Waals surface area (Å²) in [6.07, 6.45) is 0. The molecule has 2 heterocycles. The second-order valence-electron chi connectivity index (χ2n) is 7.87. The van der Waals surface area contributed by atoms with Crippen LogP contribution in [0.5, 0.6) is 0 Å². The number of rotatable bonds is 5. The van der Waals surface area contributed by atoms with Crippen LogP contribution in [0.2, 0.25) is 0 Å². The van der Waals surface area contributed by atoms with Crippen molar-refractivity contribution in [1.29, 1.82) is 0 Å². The number of piperazine rings is 1. The number of hydrogen-bond acceptors (Lipinski definition) is 2. The topological polar surface area (TPSA) is 29.7 Å². The van der Waals surface area contributed by atoms with Gasteiger partial charge in [-0.15, -0.1) is 0 Å². The summed E-state index contributed by atoms with van der Waals surface area (Å²) >= 11 is 0. The maximum Gasteiger partial charge on any atom is 0.218 e. The van der Waals surface area contributed by atoms with Crippen molar-refractivity contribution in [2.45, 2.75) is 40.7 Å². The molecule has 2 aromatic rings. The van der Waals surface area contributed by atoms with E-state index in [1.54, 1.807) is 0 Å². The first-order chi connectivity index (χ1) is 12.4. The summed E-state index contributed by atoms with van der Waals surface area (Å²) in [6, 6.07) is 11.0. The molecule has 0 radical (unpaired) electrons. The highest BCUT2D eigenvalue weighted by Crippen LogP contribution is 2.21. The van der Waals surface area contributed by atoms with Crippen LogP contribution >= 0.6 is 0 Å². The standard InChI is InChI=1S/C22H31N3O/c1-16(2)25-18(4)14-20(19(25)5)22(26)15-23-10-12-24(13-11-23)21-9-7-6-8-17(21)3/h6-9,14,16H,10-13,15H2,1-5H3/p+1. The van der Waals surface area contributed by atoms with Crippen molar-refractivity contribution >= 4 is 11.5 Å². The predicted octanol–water partition coefficient (Wildman–Crippen LogP) is 2.58. The highest BCUT2D eigenvalue weighted by atomic mass is 16.1. The number of aryl methyl sites for hydroxylation is 2. The maximum absolute atomic E-state index is 12.9. The molecule has 1 aliphatic heterocycles. The van der Waals surface area contributed by atoms with Gasteiger partial charge in [-0.05, 0) is 52.3 Å². The molecule has 140 valence electrons. The number of quaternary nitrogens is 1. The van der Waals surface area contributed by atoms with Crippen LogP contribution in [0, 0.1) is 20.8 Å². The Bertz CT molecular complexity index is 783. The van der Waals surface area contributed by atoms with Crippen LogP contribution in [-0.4, -0.2) is 43.1 Å². The lowest BCUT2D eigenvalue weighted by Crippen LogP contribution is -3.15. The number of anilines is 1. The molecule has 4 heteroatoms. The van der Waals surface area contributed by atoms with Gasteiger partial charge < -0.3 is 14.4 Å². The van der Waals surface area contributed by atoms with Crippen LogP contribution in [0.3, 0.4) is 0 Å². The van der Waals surface area contributed by atoms with Crippen LogP contribution in [0.4, 0.5) is 5.69 Å². The van der Waals surface area contributed by atoms with E-state index >= 15 is 0 Å². The van der Waals surface area contributed by atoms with Gasteiger partial charge in [0, 0.05) is 28.7 Å². The number of nitrogens with zero attached hydrogens (tertiary/aromatic N) is 2. The molecule has 1 N–H and O–H groups in total. The van der Waals surface area contributed by atoms with E-state index < -0.39 is 0 Å². The normalized spacial score (nSPS) is 15.7. The third-order valence-electron chi connectivity index (χ3n) is 5.64. The number of para-hydroxylation sites is 1. The summed E-state index contributed by atoms with van der Waals surface area (Å²) in [6.45, 7) is 15.3. The lowest BCUT2D eigenvalue weighted by atomic mass is 10.1. The number of Topliss-reactive ketones (excluding diaryl/α,β-unsaturated/α-hetero) is 1. The number of carbonyl (C=O) groups excluding carboxylic acids is 1. The van der Waals surface area contributed by atoms with Crippen molar-refractivity contribution in [1.82, 2.24) is 4.57 Å². The molecule has 3 rings (SSSR count). The Morgan fingerprint density at radius 3 is 2.35 bits per heavy atom. The molecule has 0 aliphatic carbocycles. The van der Waals surface area contributed by atoms with Gasteiger partial charge >= 0.3 is 0 Å². The molecule has 1 saturated heterocycles. The van der Waals surface area contributed by atoms with Crippen molar-refractivity contribution in [3.63, 3.8) is 0 Å². The van der Waals surface area contributed by atoms with E-state index in [2.05, 4.69) is 74.4 Å². The van der Waals surface area contributed by atoms with Crippen LogP contribution in [0.1, 0.15) is 47.2 Å². The van der Waals surface area contributed by atoms with Crippen LogP contribution in [-0.2, 0) is 0 Å². The van der Waals surface area contributed by atoms with E-state index in [9.17, 15) is 4.79 Å². The minimum atomic E-state index is 0.282. The lowest BCUT2D eigenvalue weighted by Gasteiger charge is -2.34. The van der Waals surface area contributed by atoms with E-state index in [4.69, 9.17) is 0 Å². The summed E-state index contributed by atoms with van der Waals surface area (Å²) in [5.41, 5.74) is 5.86. The Labute approximate surface area is 157 Å². The monoisotopic (exact) mass is 354 g/mol. The molecule has 0 unspecified atom stereocenters. The molecular weight excluding hydrogens is 322 g/mol. The molecule has 1 aromatic heterocycles. The number of carbonyl (C=O) groups is 1. The molecular formula is C22H32N3O+. The van der Waals surface area contributed by atoms with Crippen LogP contribution in [0.15, 0.2) is 30.3 Å². The third kappa shape index (κ3) is 3.70. The minimum Gasteiger partial charge on any atom is -0.360 e. The highest BCUT2D eigenvalue weighted by molar-refractivity contribution is 5.98. The Kier molecular flexibility index (Phi) is 5.52. The molecule has 1 aromatic carbocycles. The van der Waals surface area contributed by atoms with Crippen LogP contribution in [0.25, 0.3) is 0 Å². The van der Waals surface area contributed by atoms with Gasteiger partial charge in [-0.3, -0.25) is 4.79 Å². The maximum atomic E-state index is 12.9. The molecule has 1 fully saturated rings. The van der Waals surface area contributed by atoms with E-state index in [0.717, 1.165) is 37.4 Å². The highest BCUT2D eigenvalue weighted by Gasteiger charge is 2.25. The Balaban J connectivity index is 1.62. The van der Waals surface area contributed by atoms with Gasteiger partial charge in [0.2, 0.25) is 5.78 Å². The van der Waals surface area contributed by atoms with Crippen LogP contribution < -0.4 is 9.80 Å². The second kappa shape index (κ2) is 7.67. The first kappa shape index (κ1) is 18.7. The Morgan fingerprint density at radius 1 is 1.12 bits per heavy atom.